The lowest BCUT2D eigenvalue weighted by atomic mass is 9.96. The summed E-state index contributed by atoms with van der Waals surface area (Å²) >= 11 is 7.06. The van der Waals surface area contributed by atoms with E-state index in [1.54, 1.807) is 24.3 Å². The number of rotatable bonds is 10. The number of unbranched alkanes of at least 4 members (excludes halogenated alkanes) is 1. The first-order valence-electron chi connectivity index (χ1n) is 14.9. The molecule has 0 radical (unpaired) electrons. The molecule has 43 heavy (non-hydrogen) atoms. The van der Waals surface area contributed by atoms with E-state index in [9.17, 15) is 9.59 Å². The number of hydrogen-bond acceptors (Lipinski definition) is 8. The Morgan fingerprint density at radius 3 is 2.30 bits per heavy atom. The fourth-order valence-electron chi connectivity index (χ4n) is 4.96. The van der Waals surface area contributed by atoms with Gasteiger partial charge in [0, 0.05) is 29.2 Å². The van der Waals surface area contributed by atoms with E-state index in [-0.39, 0.29) is 28.0 Å². The number of amidine groups is 1. The van der Waals surface area contributed by atoms with Gasteiger partial charge in [-0.3, -0.25) is 30.2 Å². The Hall–Kier alpha value is -2.88. The predicted molar refractivity (Wildman–Crippen MR) is 176 cm³/mol. The van der Waals surface area contributed by atoms with Crippen LogP contribution in [0.15, 0.2) is 36.4 Å². The van der Waals surface area contributed by atoms with Crippen LogP contribution in [0.4, 0.5) is 0 Å². The van der Waals surface area contributed by atoms with Gasteiger partial charge in [0.2, 0.25) is 0 Å². The average molecular weight is 629 g/mol. The number of thioether (sulfide) groups is 1. The Morgan fingerprint density at radius 2 is 1.72 bits per heavy atom. The number of nitrogens with one attached hydrogen (secondary N) is 2. The van der Waals surface area contributed by atoms with Gasteiger partial charge in [-0.25, -0.2) is 0 Å². The number of likely N-dealkylation sites (tertiary alicyclic amines) is 1. The van der Waals surface area contributed by atoms with E-state index >= 15 is 0 Å². The molecule has 2 aromatic rings. The number of halogens is 1. The summed E-state index contributed by atoms with van der Waals surface area (Å²) in [6.07, 6.45) is 3.20. The molecular weight excluding hydrogens is 584 g/mol. The minimum atomic E-state index is -0.460. The van der Waals surface area contributed by atoms with E-state index in [1.165, 1.54) is 4.90 Å². The Kier molecular flexibility index (Phi) is 12.7. The van der Waals surface area contributed by atoms with Crippen molar-refractivity contribution < 1.29 is 19.1 Å². The average Bonchev–Trinajstić information content (AvgIpc) is 2.93. The number of benzene rings is 2. The maximum Gasteiger partial charge on any atom is 0.309 e. The molecule has 0 spiro atoms. The van der Waals surface area contributed by atoms with Crippen LogP contribution in [0.25, 0.3) is 0 Å². The second-order valence-corrected chi connectivity index (χ2v) is 13.4. The van der Waals surface area contributed by atoms with Gasteiger partial charge in [-0.2, -0.15) is 0 Å². The Morgan fingerprint density at radius 1 is 1.07 bits per heavy atom. The van der Waals surface area contributed by atoms with Crippen molar-refractivity contribution in [2.24, 2.45) is 5.92 Å². The van der Waals surface area contributed by atoms with Crippen LogP contribution in [0, 0.1) is 30.6 Å². The Balaban J connectivity index is 1.56. The number of nitrogens with zero attached hydrogens (tertiary/aromatic N) is 2. The number of esters is 1. The first kappa shape index (κ1) is 34.6. The number of ether oxygens (including phenoxy) is 2. The van der Waals surface area contributed by atoms with Crippen LogP contribution in [0.5, 0.6) is 5.75 Å². The highest BCUT2D eigenvalue weighted by Crippen LogP contribution is 2.28. The van der Waals surface area contributed by atoms with Gasteiger partial charge in [0.15, 0.2) is 5.17 Å². The van der Waals surface area contributed by atoms with Crippen molar-refractivity contribution in [1.82, 2.24) is 9.80 Å². The van der Waals surface area contributed by atoms with Crippen molar-refractivity contribution in [3.05, 3.63) is 63.7 Å². The molecule has 2 N–H and O–H groups in total. The second kappa shape index (κ2) is 15.7. The number of hydrogen-bond donors (Lipinski definition) is 2. The van der Waals surface area contributed by atoms with Crippen LogP contribution in [0.2, 0.25) is 5.02 Å². The van der Waals surface area contributed by atoms with Crippen molar-refractivity contribution in [2.45, 2.75) is 72.8 Å². The number of piperidine rings is 1. The summed E-state index contributed by atoms with van der Waals surface area (Å²) in [5, 5.41) is 18.1. The number of carbonyl (C=O) groups is 2. The highest BCUT2D eigenvalue weighted by atomic mass is 35.5. The summed E-state index contributed by atoms with van der Waals surface area (Å²) in [4.78, 5) is 29.3. The fraction of sp³-hybridized carbons (Fsp3) is 0.515. The lowest BCUT2D eigenvalue weighted by Gasteiger charge is -2.32. The largest absolute Gasteiger partial charge is 0.492 e. The minimum absolute atomic E-state index is 0.00879. The third-order valence-corrected chi connectivity index (χ3v) is 8.29. The minimum Gasteiger partial charge on any atom is -0.492 e. The molecule has 1 saturated heterocycles. The summed E-state index contributed by atoms with van der Waals surface area (Å²) in [5.41, 5.74) is 2.45. The van der Waals surface area contributed by atoms with Crippen molar-refractivity contribution >= 4 is 45.5 Å². The highest BCUT2D eigenvalue weighted by molar-refractivity contribution is 8.26. The molecule has 1 aliphatic heterocycles. The van der Waals surface area contributed by atoms with E-state index in [4.69, 9.17) is 31.9 Å². The van der Waals surface area contributed by atoms with Crippen LogP contribution in [-0.4, -0.2) is 70.3 Å². The van der Waals surface area contributed by atoms with E-state index in [0.717, 1.165) is 74.0 Å². The van der Waals surface area contributed by atoms with Gasteiger partial charge >= 0.3 is 5.97 Å². The third kappa shape index (κ3) is 10.4. The van der Waals surface area contributed by atoms with E-state index in [1.807, 2.05) is 53.7 Å². The van der Waals surface area contributed by atoms with Crippen LogP contribution in [0.3, 0.4) is 0 Å². The first-order valence-corrected chi connectivity index (χ1v) is 16.1. The van der Waals surface area contributed by atoms with Crippen molar-refractivity contribution in [3.63, 3.8) is 0 Å². The maximum absolute atomic E-state index is 13.2. The third-order valence-electron chi connectivity index (χ3n) is 7.20. The Bertz CT molecular complexity index is 1300. The van der Waals surface area contributed by atoms with Gasteiger partial charge < -0.3 is 9.47 Å². The molecule has 0 aliphatic carbocycles. The molecule has 1 amide bonds. The van der Waals surface area contributed by atoms with Crippen LogP contribution < -0.4 is 4.74 Å². The van der Waals surface area contributed by atoms with E-state index in [0.29, 0.717) is 29.3 Å². The number of carbonyl (C=O) groups excluding carboxylic acids is 2. The molecular formula is C33H45ClN4O4S. The van der Waals surface area contributed by atoms with Gasteiger partial charge in [-0.15, -0.1) is 0 Å². The molecule has 8 nitrogen and oxygen atoms in total. The van der Waals surface area contributed by atoms with Crippen LogP contribution in [-0.2, 0) is 9.53 Å². The zero-order valence-electron chi connectivity index (χ0n) is 26.2. The van der Waals surface area contributed by atoms with Gasteiger partial charge in [-0.1, -0.05) is 31.0 Å². The fourth-order valence-corrected chi connectivity index (χ4v) is 5.87. The molecule has 0 bridgehead atoms. The van der Waals surface area contributed by atoms with E-state index in [2.05, 4.69) is 4.90 Å². The molecule has 3 rings (SSSR count). The highest BCUT2D eigenvalue weighted by Gasteiger charge is 2.29. The predicted octanol–water partition coefficient (Wildman–Crippen LogP) is 7.33. The molecule has 0 aromatic heterocycles. The number of aryl methyl sites for hydroxylation is 2. The summed E-state index contributed by atoms with van der Waals surface area (Å²) in [6.45, 7) is 15.0. The maximum atomic E-state index is 13.2. The standard InChI is InChI=1S/C33H45ClN4O4S/c1-7-8-14-38(30(39)25-10-9-11-27(34)21-25)32(36)43-29(35)26-19-22(2)28(23(3)20-26)41-18-17-37-15-12-24(13-16-37)31(40)42-33(4,5)6/h9-11,19-21,24,35-36H,7-8,12-18H2,1-6H3. The summed E-state index contributed by atoms with van der Waals surface area (Å²) in [7, 11) is 0. The zero-order chi connectivity index (χ0) is 31.7. The first-order chi connectivity index (χ1) is 20.3. The van der Waals surface area contributed by atoms with Gasteiger partial charge in [0.05, 0.1) is 5.92 Å². The molecule has 2 aromatic carbocycles. The second-order valence-electron chi connectivity index (χ2n) is 12.0. The molecule has 1 fully saturated rings. The van der Waals surface area contributed by atoms with Crippen LogP contribution >= 0.6 is 23.4 Å². The van der Waals surface area contributed by atoms with Crippen LogP contribution in [0.1, 0.15) is 80.4 Å². The molecule has 0 atom stereocenters. The zero-order valence-corrected chi connectivity index (χ0v) is 27.8. The number of amides is 1. The molecule has 10 heteroatoms. The summed E-state index contributed by atoms with van der Waals surface area (Å²) in [6, 6.07) is 10.5. The molecule has 1 aliphatic rings. The molecule has 234 valence electrons. The van der Waals surface area contributed by atoms with Gasteiger partial charge in [0.1, 0.15) is 23.0 Å². The van der Waals surface area contributed by atoms with Crippen molar-refractivity contribution in [1.29, 1.82) is 10.8 Å². The molecule has 0 saturated carbocycles. The monoisotopic (exact) mass is 628 g/mol. The lowest BCUT2D eigenvalue weighted by molar-refractivity contribution is -0.161. The Labute approximate surface area is 265 Å². The lowest BCUT2D eigenvalue weighted by Crippen LogP contribution is -2.40. The quantitative estimate of drug-likeness (QED) is 0.162. The smallest absolute Gasteiger partial charge is 0.309 e. The topological polar surface area (TPSA) is 107 Å². The molecule has 0 unspecified atom stereocenters. The normalized spacial score (nSPS) is 14.3. The van der Waals surface area contributed by atoms with Gasteiger partial charge in [-0.05, 0) is 120 Å². The summed E-state index contributed by atoms with van der Waals surface area (Å²) in [5.74, 6) is 0.346. The van der Waals surface area contributed by atoms with Crippen molar-refractivity contribution in [3.8, 4) is 5.75 Å². The molecule has 1 heterocycles. The van der Waals surface area contributed by atoms with Crippen molar-refractivity contribution in [2.75, 3.05) is 32.8 Å². The SMILES string of the molecule is CCCCN(C(=N)SC(=N)c1cc(C)c(OCCN2CCC(C(=O)OC(C)(C)C)CC2)c(C)c1)C(=O)c1cccc(Cl)c1. The van der Waals surface area contributed by atoms with E-state index < -0.39 is 5.60 Å². The van der Waals surface area contributed by atoms with Gasteiger partial charge in [0.25, 0.3) is 5.91 Å². The summed E-state index contributed by atoms with van der Waals surface area (Å²) < 4.78 is 11.7.